The van der Waals surface area contributed by atoms with Gasteiger partial charge in [0.2, 0.25) is 5.91 Å². The SMILES string of the molecule is CCCCCCCCC(CCCCCCCCC(=O)O)C(CCCCCCCC)CCCCCCCCC(=O)CCCNC(=O)CCCCCCCCC(CCCCCCCC)C(CCCCCCCC)CCCCCCCCC(=O)O.CCCCCCCCC(CCCCCCCCC(=O)O)C(CCCCCCCC)CCCCCCCCC(=O)O.NCCN. The molecule has 0 aromatic carbocycles. The summed E-state index contributed by atoms with van der Waals surface area (Å²) < 4.78 is 0. The largest absolute Gasteiger partial charge is 0.481 e. The van der Waals surface area contributed by atoms with Crippen LogP contribution in [0.1, 0.15) is 632 Å². The Bertz CT molecular complexity index is 2070. The van der Waals surface area contributed by atoms with Crippen molar-refractivity contribution in [3.63, 3.8) is 0 Å². The fraction of sp³-hybridized carbons (Fsp3) is 0.947. The number of carbonyl (C=O) groups excluding carboxylic acids is 2. The molecule has 0 fully saturated rings. The number of carboxylic acids is 4. The number of hydrogen-bond acceptors (Lipinski definition) is 8. The maximum absolute atomic E-state index is 12.8. The summed E-state index contributed by atoms with van der Waals surface area (Å²) >= 11 is 0. The lowest BCUT2D eigenvalue weighted by Gasteiger charge is -2.28. The zero-order chi connectivity index (χ0) is 92.8. The van der Waals surface area contributed by atoms with Crippen LogP contribution in [0, 0.1) is 35.5 Å². The highest BCUT2D eigenvalue weighted by Crippen LogP contribution is 2.38. The lowest BCUT2D eigenvalue weighted by atomic mass is 9.78. The maximum atomic E-state index is 12.8. The summed E-state index contributed by atoms with van der Waals surface area (Å²) in [4.78, 5) is 68.7. The van der Waals surface area contributed by atoms with Crippen LogP contribution >= 0.6 is 0 Å². The molecule has 750 valence electrons. The number of carbonyl (C=O) groups is 6. The maximum Gasteiger partial charge on any atom is 0.303 e. The quantitative estimate of drug-likeness (QED) is 0.0281. The normalized spacial score (nSPS) is 12.9. The van der Waals surface area contributed by atoms with E-state index in [1.54, 1.807) is 0 Å². The van der Waals surface area contributed by atoms with E-state index in [4.69, 9.17) is 31.9 Å². The van der Waals surface area contributed by atoms with E-state index in [0.717, 1.165) is 119 Å². The minimum absolute atomic E-state index is 0.153. The Kier molecular flexibility index (Phi) is 108. The van der Waals surface area contributed by atoms with Crippen LogP contribution < -0.4 is 16.8 Å². The molecule has 0 rings (SSSR count). The molecule has 0 aromatic heterocycles. The van der Waals surface area contributed by atoms with Crippen molar-refractivity contribution in [2.75, 3.05) is 19.6 Å². The molecule has 0 aliphatic heterocycles. The summed E-state index contributed by atoms with van der Waals surface area (Å²) in [7, 11) is 0. The lowest BCUT2D eigenvalue weighted by Crippen LogP contribution is -2.24. The van der Waals surface area contributed by atoms with Crippen molar-refractivity contribution in [1.29, 1.82) is 0 Å². The number of ketones is 1. The number of unbranched alkanes of at least 4 members (excludes halogenated alkanes) is 60. The van der Waals surface area contributed by atoms with Crippen LogP contribution in [-0.4, -0.2) is 75.6 Å². The van der Waals surface area contributed by atoms with Crippen LogP contribution in [0.3, 0.4) is 0 Å². The summed E-state index contributed by atoms with van der Waals surface area (Å²) in [5.41, 5.74) is 9.81. The first kappa shape index (κ1) is 127. The van der Waals surface area contributed by atoms with E-state index < -0.39 is 23.9 Å². The molecule has 13 nitrogen and oxygen atoms in total. The Balaban J connectivity index is -0.00000285. The molecule has 0 radical (unpaired) electrons. The van der Waals surface area contributed by atoms with Gasteiger partial charge in [-0.2, -0.15) is 0 Å². The lowest BCUT2D eigenvalue weighted by molar-refractivity contribution is -0.138. The second-order valence-corrected chi connectivity index (χ2v) is 40.0. The highest BCUT2D eigenvalue weighted by molar-refractivity contribution is 5.78. The van der Waals surface area contributed by atoms with Crippen LogP contribution in [0.15, 0.2) is 0 Å². The van der Waals surface area contributed by atoms with Crippen LogP contribution in [0.5, 0.6) is 0 Å². The Labute approximate surface area is 784 Å². The zero-order valence-electron chi connectivity index (χ0n) is 85.5. The average molecular weight is 1780 g/mol. The first-order valence-corrected chi connectivity index (χ1v) is 56.7. The molecule has 13 heteroatoms. The van der Waals surface area contributed by atoms with E-state index in [1.807, 2.05) is 0 Å². The van der Waals surface area contributed by atoms with Gasteiger partial charge < -0.3 is 37.2 Å². The molecule has 6 unspecified atom stereocenters. The first-order valence-electron chi connectivity index (χ1n) is 56.7. The van der Waals surface area contributed by atoms with Crippen molar-refractivity contribution in [3.8, 4) is 0 Å². The second kappa shape index (κ2) is 107. The van der Waals surface area contributed by atoms with Crippen LogP contribution in [0.25, 0.3) is 0 Å². The van der Waals surface area contributed by atoms with Gasteiger partial charge in [0.05, 0.1) is 0 Å². The molecule has 0 aliphatic rings. The molecule has 0 spiro atoms. The molecule has 0 saturated heterocycles. The molecular formula is C113H223N3O10. The number of amides is 1. The van der Waals surface area contributed by atoms with Gasteiger partial charge in [-0.1, -0.05) is 542 Å². The van der Waals surface area contributed by atoms with Gasteiger partial charge in [-0.15, -0.1) is 0 Å². The van der Waals surface area contributed by atoms with Crippen molar-refractivity contribution in [2.24, 2.45) is 47.0 Å². The minimum atomic E-state index is -0.660. The van der Waals surface area contributed by atoms with Gasteiger partial charge in [-0.3, -0.25) is 28.8 Å². The third kappa shape index (κ3) is 101. The zero-order valence-corrected chi connectivity index (χ0v) is 85.5. The summed E-state index contributed by atoms with van der Waals surface area (Å²) in [5, 5.41) is 38.8. The number of Topliss-reactive ketones (excluding diaryl/α,β-unsaturated/α-hetero) is 1. The number of carboxylic acid groups (broad SMARTS) is 4. The van der Waals surface area contributed by atoms with Crippen molar-refractivity contribution < 1.29 is 49.2 Å². The second-order valence-electron chi connectivity index (χ2n) is 40.0. The van der Waals surface area contributed by atoms with E-state index >= 15 is 0 Å². The molecule has 126 heavy (non-hydrogen) atoms. The fourth-order valence-electron chi connectivity index (χ4n) is 19.9. The highest BCUT2D eigenvalue weighted by atomic mass is 16.4. The predicted octanol–water partition coefficient (Wildman–Crippen LogP) is 35.6. The van der Waals surface area contributed by atoms with Gasteiger partial charge in [-0.05, 0) is 80.5 Å². The molecule has 0 aromatic rings. The molecule has 0 aliphatic carbocycles. The van der Waals surface area contributed by atoms with E-state index in [9.17, 15) is 28.8 Å². The van der Waals surface area contributed by atoms with Gasteiger partial charge in [0.1, 0.15) is 5.78 Å². The van der Waals surface area contributed by atoms with Gasteiger partial charge in [0.15, 0.2) is 0 Å². The monoisotopic (exact) mass is 1780 g/mol. The van der Waals surface area contributed by atoms with Crippen LogP contribution in [0.4, 0.5) is 0 Å². The molecular weight excluding hydrogens is 1560 g/mol. The van der Waals surface area contributed by atoms with E-state index in [1.165, 1.54) is 462 Å². The predicted molar refractivity (Wildman–Crippen MR) is 546 cm³/mol. The number of nitrogens with two attached hydrogens (primary N) is 2. The van der Waals surface area contributed by atoms with Gasteiger partial charge in [-0.25, -0.2) is 0 Å². The van der Waals surface area contributed by atoms with Crippen molar-refractivity contribution >= 4 is 35.6 Å². The first-order chi connectivity index (χ1) is 61.6. The number of nitrogens with one attached hydrogen (secondary N) is 1. The van der Waals surface area contributed by atoms with Crippen molar-refractivity contribution in [1.82, 2.24) is 5.32 Å². The summed E-state index contributed by atoms with van der Waals surface area (Å²) in [6, 6.07) is 0. The molecule has 0 heterocycles. The standard InChI is InChI=1S/C75H145NO6.C36H70O4.C2H8N2/c1-5-9-13-17-29-41-54-68(70(56-43-31-19-15-11-7-3)60-47-35-23-27-39-51-65-74(79)80)58-45-33-21-25-37-49-62-72(77)63-53-67-76-73(78)64-50-38-26-22-34-46-59-69(55-42-30-18-14-10-6-2)71(57-44-32-20-16-12-8-4)61-48-36-24-28-40-52-66-75(81)82;1-3-5-7-9-15-21-27-33(29-23-17-11-13-19-25-31-35(37)38)34(28-22-16-10-8-6-4-2)30-24-18-12-14-20-26-32-36(39)40;3-1-2-4/h68-71H,5-67H2,1-4H3,(H,76,78)(H,79,80)(H,81,82);33-34H,3-32H2,1-2H3,(H,37,38)(H,39,40);1-4H2. The molecule has 0 saturated carbocycles. The smallest absolute Gasteiger partial charge is 0.303 e. The summed E-state index contributed by atoms with van der Waals surface area (Å²) in [6.45, 7) is 15.7. The molecule has 9 N–H and O–H groups in total. The van der Waals surface area contributed by atoms with Crippen molar-refractivity contribution in [2.45, 2.75) is 632 Å². The molecule has 6 atom stereocenters. The Morgan fingerprint density at radius 1 is 0.183 bits per heavy atom. The molecule has 1 amide bonds. The Morgan fingerprint density at radius 3 is 0.476 bits per heavy atom. The van der Waals surface area contributed by atoms with Gasteiger partial charge in [0, 0.05) is 64.6 Å². The number of hydrogen-bond donors (Lipinski definition) is 7. The number of rotatable bonds is 104. The average Bonchev–Trinajstić information content (AvgIpc) is 0.924. The topological polar surface area (TPSA) is 247 Å². The Morgan fingerprint density at radius 2 is 0.317 bits per heavy atom. The summed E-state index contributed by atoms with van der Waals surface area (Å²) in [5.74, 6) is 3.09. The molecule has 0 bridgehead atoms. The van der Waals surface area contributed by atoms with Gasteiger partial charge in [0.25, 0.3) is 0 Å². The third-order valence-corrected chi connectivity index (χ3v) is 28.1. The van der Waals surface area contributed by atoms with E-state index in [2.05, 4.69) is 46.9 Å². The van der Waals surface area contributed by atoms with Crippen LogP contribution in [-0.2, 0) is 28.8 Å². The van der Waals surface area contributed by atoms with Gasteiger partial charge >= 0.3 is 23.9 Å². The fourth-order valence-corrected chi connectivity index (χ4v) is 19.9. The highest BCUT2D eigenvalue weighted by Gasteiger charge is 2.25. The Hall–Kier alpha value is -3.06. The van der Waals surface area contributed by atoms with E-state index in [-0.39, 0.29) is 5.91 Å². The van der Waals surface area contributed by atoms with Crippen LogP contribution in [0.2, 0.25) is 0 Å². The number of aliphatic carboxylic acids is 4. The van der Waals surface area contributed by atoms with E-state index in [0.29, 0.717) is 70.4 Å². The van der Waals surface area contributed by atoms with Crippen molar-refractivity contribution in [3.05, 3.63) is 0 Å². The minimum Gasteiger partial charge on any atom is -0.481 e. The summed E-state index contributed by atoms with van der Waals surface area (Å²) in [6.07, 6.45) is 113. The third-order valence-electron chi connectivity index (χ3n) is 28.1.